The first-order valence-electron chi connectivity index (χ1n) is 7.95. The number of likely N-dealkylation sites (tertiary alicyclic amines) is 1. The molecule has 1 fully saturated rings. The van der Waals surface area contributed by atoms with Crippen molar-refractivity contribution in [3.63, 3.8) is 0 Å². The Labute approximate surface area is 155 Å². The molecule has 2 amide bonds. The molecule has 0 aromatic carbocycles. The molecule has 0 bridgehead atoms. The van der Waals surface area contributed by atoms with Gasteiger partial charge in [0.25, 0.3) is 0 Å². The molecule has 0 saturated carbocycles. The number of nitrogens with one attached hydrogen (secondary N) is 1. The van der Waals surface area contributed by atoms with Gasteiger partial charge in [0, 0.05) is 30.1 Å². The molecule has 2 rings (SSSR count). The van der Waals surface area contributed by atoms with E-state index in [1.54, 1.807) is 17.4 Å². The Morgan fingerprint density at radius 1 is 1.33 bits per heavy atom. The maximum atomic E-state index is 12.2. The minimum absolute atomic E-state index is 0.00948. The highest BCUT2D eigenvalue weighted by Crippen LogP contribution is 2.23. The summed E-state index contributed by atoms with van der Waals surface area (Å²) in [4.78, 5) is 26.8. The first kappa shape index (κ1) is 19.0. The number of piperidine rings is 1. The summed E-state index contributed by atoms with van der Waals surface area (Å²) in [5.74, 6) is 0.00948. The molecule has 5 nitrogen and oxygen atoms in total. The summed E-state index contributed by atoms with van der Waals surface area (Å²) in [7, 11) is 0. The van der Waals surface area contributed by atoms with Crippen LogP contribution in [-0.4, -0.2) is 41.6 Å². The topological polar surface area (TPSA) is 58.6 Å². The summed E-state index contributed by atoms with van der Waals surface area (Å²) >= 11 is 4.99. The van der Waals surface area contributed by atoms with Crippen LogP contribution in [-0.2, 0) is 9.53 Å². The van der Waals surface area contributed by atoms with Gasteiger partial charge in [-0.3, -0.25) is 4.79 Å². The second kappa shape index (κ2) is 8.16. The number of thiophene rings is 1. The Morgan fingerprint density at radius 3 is 2.54 bits per heavy atom. The lowest BCUT2D eigenvalue weighted by atomic mass is 10.1. The number of carbonyl (C=O) groups excluding carboxylic acids is 2. The van der Waals surface area contributed by atoms with Crippen molar-refractivity contribution < 1.29 is 14.3 Å². The van der Waals surface area contributed by atoms with Crippen LogP contribution in [0.2, 0.25) is 0 Å². The zero-order valence-electron chi connectivity index (χ0n) is 14.2. The highest BCUT2D eigenvalue weighted by molar-refractivity contribution is 9.11. The summed E-state index contributed by atoms with van der Waals surface area (Å²) in [6.45, 7) is 6.79. The number of halogens is 1. The maximum Gasteiger partial charge on any atom is 0.407 e. The monoisotopic (exact) mass is 414 g/mol. The zero-order valence-corrected chi connectivity index (χ0v) is 16.6. The molecule has 1 aliphatic heterocycles. The van der Waals surface area contributed by atoms with Crippen LogP contribution in [0.4, 0.5) is 4.79 Å². The smallest absolute Gasteiger partial charge is 0.407 e. The summed E-state index contributed by atoms with van der Waals surface area (Å²) in [6.07, 6.45) is 4.53. The predicted octanol–water partition coefficient (Wildman–Crippen LogP) is 4.04. The van der Waals surface area contributed by atoms with Gasteiger partial charge in [0.05, 0.1) is 3.79 Å². The molecule has 24 heavy (non-hydrogen) atoms. The Morgan fingerprint density at radius 2 is 2.00 bits per heavy atom. The van der Waals surface area contributed by atoms with Crippen LogP contribution >= 0.6 is 27.3 Å². The van der Waals surface area contributed by atoms with Crippen molar-refractivity contribution in [1.29, 1.82) is 0 Å². The molecular weight excluding hydrogens is 392 g/mol. The van der Waals surface area contributed by atoms with Crippen molar-refractivity contribution in [3.05, 3.63) is 26.9 Å². The number of hydrogen-bond donors (Lipinski definition) is 1. The summed E-state index contributed by atoms with van der Waals surface area (Å²) in [5.41, 5.74) is -0.498. The van der Waals surface area contributed by atoms with Gasteiger partial charge in [-0.15, -0.1) is 11.3 Å². The highest BCUT2D eigenvalue weighted by atomic mass is 79.9. The minimum atomic E-state index is -0.498. The van der Waals surface area contributed by atoms with Crippen molar-refractivity contribution in [3.8, 4) is 0 Å². The van der Waals surface area contributed by atoms with E-state index < -0.39 is 11.7 Å². The Bertz CT molecular complexity index is 614. The van der Waals surface area contributed by atoms with E-state index in [0.717, 1.165) is 21.5 Å². The van der Waals surface area contributed by atoms with E-state index in [9.17, 15) is 9.59 Å². The largest absolute Gasteiger partial charge is 0.444 e. The highest BCUT2D eigenvalue weighted by Gasteiger charge is 2.24. The molecule has 0 spiro atoms. The minimum Gasteiger partial charge on any atom is -0.444 e. The molecule has 1 saturated heterocycles. The standard InChI is InChI=1S/C17H23BrN2O3S/c1-17(2,3)23-16(22)19-12-8-10-20(11-9-12)15(21)7-5-13-4-6-14(18)24-13/h4-7,12H,8-11H2,1-3H3,(H,19,22)/b7-5+. The van der Waals surface area contributed by atoms with Crippen molar-refractivity contribution >= 4 is 45.3 Å². The fourth-order valence-electron chi connectivity index (χ4n) is 2.40. The second-order valence-electron chi connectivity index (χ2n) is 6.72. The average molecular weight is 415 g/mol. The second-order valence-corrected chi connectivity index (χ2v) is 9.22. The van der Waals surface area contributed by atoms with Gasteiger partial charge >= 0.3 is 6.09 Å². The van der Waals surface area contributed by atoms with Crippen molar-refractivity contribution in [2.75, 3.05) is 13.1 Å². The Balaban J connectivity index is 1.76. The number of carbonyl (C=O) groups is 2. The quantitative estimate of drug-likeness (QED) is 0.759. The van der Waals surface area contributed by atoms with Crippen LogP contribution in [0.25, 0.3) is 6.08 Å². The first-order valence-corrected chi connectivity index (χ1v) is 9.56. The van der Waals surface area contributed by atoms with Gasteiger partial charge in [0.2, 0.25) is 5.91 Å². The van der Waals surface area contributed by atoms with E-state index in [4.69, 9.17) is 4.74 Å². The van der Waals surface area contributed by atoms with E-state index in [2.05, 4.69) is 21.2 Å². The zero-order chi connectivity index (χ0) is 17.7. The van der Waals surface area contributed by atoms with Crippen LogP contribution in [0.3, 0.4) is 0 Å². The summed E-state index contributed by atoms with van der Waals surface area (Å²) in [6, 6.07) is 3.99. The van der Waals surface area contributed by atoms with Gasteiger partial charge in [-0.2, -0.15) is 0 Å². The molecular formula is C17H23BrN2O3S. The molecule has 7 heteroatoms. The summed E-state index contributed by atoms with van der Waals surface area (Å²) < 4.78 is 6.30. The third-order valence-corrected chi connectivity index (χ3v) is 5.10. The number of rotatable bonds is 3. The first-order chi connectivity index (χ1) is 11.2. The van der Waals surface area contributed by atoms with Crippen molar-refractivity contribution in [1.82, 2.24) is 10.2 Å². The number of hydrogen-bond acceptors (Lipinski definition) is 4. The fraction of sp³-hybridized carbons (Fsp3) is 0.529. The van der Waals surface area contributed by atoms with E-state index in [-0.39, 0.29) is 11.9 Å². The van der Waals surface area contributed by atoms with E-state index in [1.807, 2.05) is 43.9 Å². The van der Waals surface area contributed by atoms with Crippen LogP contribution < -0.4 is 5.32 Å². The third-order valence-electron chi connectivity index (χ3n) is 3.51. The van der Waals surface area contributed by atoms with Crippen molar-refractivity contribution in [2.24, 2.45) is 0 Å². The number of amides is 2. The molecule has 1 aliphatic rings. The van der Waals surface area contributed by atoms with Crippen LogP contribution in [0.1, 0.15) is 38.5 Å². The molecule has 1 aromatic heterocycles. The fourth-order valence-corrected chi connectivity index (χ4v) is 3.72. The van der Waals surface area contributed by atoms with Gasteiger partial charge in [-0.25, -0.2) is 4.79 Å². The lowest BCUT2D eigenvalue weighted by Crippen LogP contribution is -2.47. The van der Waals surface area contributed by atoms with E-state index in [1.165, 1.54) is 0 Å². The van der Waals surface area contributed by atoms with E-state index >= 15 is 0 Å². The predicted molar refractivity (Wildman–Crippen MR) is 100 cm³/mol. The number of alkyl carbamates (subject to hydrolysis) is 1. The Kier molecular flexibility index (Phi) is 6.46. The molecule has 2 heterocycles. The van der Waals surface area contributed by atoms with Gasteiger partial charge in [-0.05, 0) is 67.8 Å². The molecule has 1 N–H and O–H groups in total. The molecule has 0 radical (unpaired) electrons. The molecule has 1 aromatic rings. The molecule has 132 valence electrons. The SMILES string of the molecule is CC(C)(C)OC(=O)NC1CCN(C(=O)/C=C/c2ccc(Br)s2)CC1. The van der Waals surface area contributed by atoms with Crippen LogP contribution in [0.5, 0.6) is 0 Å². The number of ether oxygens (including phenoxy) is 1. The van der Waals surface area contributed by atoms with Crippen LogP contribution in [0.15, 0.2) is 22.0 Å². The lowest BCUT2D eigenvalue weighted by Gasteiger charge is -2.32. The number of nitrogens with zero attached hydrogens (tertiary/aromatic N) is 1. The van der Waals surface area contributed by atoms with Gasteiger partial charge < -0.3 is 15.0 Å². The Hall–Kier alpha value is -1.34. The van der Waals surface area contributed by atoms with Crippen molar-refractivity contribution in [2.45, 2.75) is 45.3 Å². The normalized spacial score (nSPS) is 16.4. The molecule has 0 aliphatic carbocycles. The van der Waals surface area contributed by atoms with Gasteiger partial charge in [-0.1, -0.05) is 0 Å². The van der Waals surface area contributed by atoms with Crippen LogP contribution in [0, 0.1) is 0 Å². The lowest BCUT2D eigenvalue weighted by molar-refractivity contribution is -0.127. The maximum absolute atomic E-state index is 12.2. The summed E-state index contributed by atoms with van der Waals surface area (Å²) in [5, 5.41) is 2.87. The van der Waals surface area contributed by atoms with E-state index in [0.29, 0.717) is 13.1 Å². The molecule has 0 atom stereocenters. The van der Waals surface area contributed by atoms with Gasteiger partial charge in [0.15, 0.2) is 0 Å². The van der Waals surface area contributed by atoms with Gasteiger partial charge in [0.1, 0.15) is 5.60 Å². The average Bonchev–Trinajstić information content (AvgIpc) is 2.89. The third kappa shape index (κ3) is 6.28. The molecule has 0 unspecified atom stereocenters.